The van der Waals surface area contributed by atoms with Crippen LogP contribution in [-0.4, -0.2) is 12.6 Å². The van der Waals surface area contributed by atoms with E-state index in [-0.39, 0.29) is 0 Å². The summed E-state index contributed by atoms with van der Waals surface area (Å²) in [6, 6.07) is 9.32. The van der Waals surface area contributed by atoms with Gasteiger partial charge in [0.2, 0.25) is 0 Å². The summed E-state index contributed by atoms with van der Waals surface area (Å²) in [5, 5.41) is 7.40. The maximum absolute atomic E-state index is 3.62. The SMILES string of the molecule is CC(C)NCC(Cc1csc2ccccc12)C(C)(C)C. The van der Waals surface area contributed by atoms with Crippen LogP contribution in [0.3, 0.4) is 0 Å². The van der Waals surface area contributed by atoms with Crippen molar-refractivity contribution < 1.29 is 0 Å². The Morgan fingerprint density at radius 3 is 2.50 bits per heavy atom. The van der Waals surface area contributed by atoms with Crippen LogP contribution in [0.1, 0.15) is 40.2 Å². The van der Waals surface area contributed by atoms with Crippen molar-refractivity contribution >= 4 is 21.4 Å². The number of benzene rings is 1. The van der Waals surface area contributed by atoms with Crippen LogP contribution in [0.15, 0.2) is 29.6 Å². The summed E-state index contributed by atoms with van der Waals surface area (Å²) in [5.74, 6) is 0.655. The van der Waals surface area contributed by atoms with Crippen LogP contribution >= 0.6 is 11.3 Å². The summed E-state index contributed by atoms with van der Waals surface area (Å²) in [7, 11) is 0. The molecule has 1 unspecified atom stereocenters. The third-order valence-electron chi connectivity index (χ3n) is 4.02. The fraction of sp³-hybridized carbons (Fsp3) is 0.556. The Labute approximate surface area is 127 Å². The van der Waals surface area contributed by atoms with Crippen molar-refractivity contribution in [2.75, 3.05) is 6.54 Å². The minimum atomic E-state index is 0.324. The predicted octanol–water partition coefficient (Wildman–Crippen LogP) is 5.10. The normalized spacial score (nSPS) is 14.1. The van der Waals surface area contributed by atoms with E-state index < -0.39 is 0 Å². The second-order valence-corrected chi connectivity index (χ2v) is 8.00. The average Bonchev–Trinajstić information content (AvgIpc) is 2.76. The lowest BCUT2D eigenvalue weighted by Crippen LogP contribution is -2.36. The van der Waals surface area contributed by atoms with Crippen molar-refractivity contribution in [3.8, 4) is 0 Å². The largest absolute Gasteiger partial charge is 0.314 e. The first kappa shape index (κ1) is 15.5. The number of hydrogen-bond donors (Lipinski definition) is 1. The van der Waals surface area contributed by atoms with E-state index in [1.54, 1.807) is 0 Å². The number of nitrogens with one attached hydrogen (secondary N) is 1. The highest BCUT2D eigenvalue weighted by atomic mass is 32.1. The second kappa shape index (κ2) is 6.28. The van der Waals surface area contributed by atoms with E-state index >= 15 is 0 Å². The third-order valence-corrected chi connectivity index (χ3v) is 5.04. The molecule has 0 radical (unpaired) electrons. The van der Waals surface area contributed by atoms with Gasteiger partial charge in [-0.1, -0.05) is 52.8 Å². The molecule has 1 nitrogen and oxygen atoms in total. The Morgan fingerprint density at radius 2 is 1.85 bits per heavy atom. The van der Waals surface area contributed by atoms with Gasteiger partial charge in [-0.2, -0.15) is 0 Å². The molecule has 0 aliphatic heterocycles. The first-order valence-electron chi connectivity index (χ1n) is 7.56. The number of thiophene rings is 1. The van der Waals surface area contributed by atoms with E-state index in [4.69, 9.17) is 0 Å². The topological polar surface area (TPSA) is 12.0 Å². The van der Waals surface area contributed by atoms with E-state index in [1.807, 2.05) is 11.3 Å². The van der Waals surface area contributed by atoms with E-state index in [2.05, 4.69) is 69.6 Å². The van der Waals surface area contributed by atoms with Gasteiger partial charge in [-0.15, -0.1) is 11.3 Å². The molecular formula is C18H27NS. The molecule has 1 N–H and O–H groups in total. The molecule has 1 atom stereocenters. The molecule has 1 aromatic heterocycles. The highest BCUT2D eigenvalue weighted by Crippen LogP contribution is 2.33. The molecule has 0 aliphatic rings. The average molecular weight is 289 g/mol. The third kappa shape index (κ3) is 3.83. The van der Waals surface area contributed by atoms with Crippen LogP contribution in [-0.2, 0) is 6.42 Å². The smallest absolute Gasteiger partial charge is 0.0345 e. The standard InChI is InChI=1S/C18H27NS/c1-13(2)19-11-15(18(3,4)5)10-14-12-20-17-9-7-6-8-16(14)17/h6-9,12-13,15,19H,10-11H2,1-5H3. The number of hydrogen-bond acceptors (Lipinski definition) is 2. The first-order valence-corrected chi connectivity index (χ1v) is 8.44. The molecule has 20 heavy (non-hydrogen) atoms. The van der Waals surface area contributed by atoms with Crippen LogP contribution in [0.4, 0.5) is 0 Å². The lowest BCUT2D eigenvalue weighted by Gasteiger charge is -2.32. The number of rotatable bonds is 5. The Hall–Kier alpha value is -0.860. The molecule has 2 rings (SSSR count). The molecule has 2 aromatic rings. The summed E-state index contributed by atoms with van der Waals surface area (Å²) in [6.07, 6.45) is 1.16. The van der Waals surface area contributed by atoms with Gasteiger partial charge in [0, 0.05) is 10.7 Å². The molecular weight excluding hydrogens is 262 g/mol. The van der Waals surface area contributed by atoms with Gasteiger partial charge in [-0.25, -0.2) is 0 Å². The molecule has 0 saturated carbocycles. The van der Waals surface area contributed by atoms with Crippen molar-refractivity contribution in [1.29, 1.82) is 0 Å². The quantitative estimate of drug-likeness (QED) is 0.807. The van der Waals surface area contributed by atoms with Crippen LogP contribution in [0, 0.1) is 11.3 Å². The van der Waals surface area contributed by atoms with Gasteiger partial charge in [0.05, 0.1) is 0 Å². The van der Waals surface area contributed by atoms with Crippen LogP contribution in [0.25, 0.3) is 10.1 Å². The molecule has 1 heterocycles. The lowest BCUT2D eigenvalue weighted by molar-refractivity contribution is 0.227. The van der Waals surface area contributed by atoms with Gasteiger partial charge < -0.3 is 5.32 Å². The van der Waals surface area contributed by atoms with Crippen molar-refractivity contribution in [3.63, 3.8) is 0 Å². The minimum Gasteiger partial charge on any atom is -0.314 e. The van der Waals surface area contributed by atoms with Gasteiger partial charge in [0.25, 0.3) is 0 Å². The van der Waals surface area contributed by atoms with Crippen molar-refractivity contribution in [3.05, 3.63) is 35.2 Å². The highest BCUT2D eigenvalue weighted by Gasteiger charge is 2.25. The first-order chi connectivity index (χ1) is 9.38. The fourth-order valence-corrected chi connectivity index (χ4v) is 3.49. The maximum Gasteiger partial charge on any atom is 0.0345 e. The van der Waals surface area contributed by atoms with E-state index in [9.17, 15) is 0 Å². The zero-order valence-corrected chi connectivity index (χ0v) is 14.2. The zero-order valence-electron chi connectivity index (χ0n) is 13.4. The van der Waals surface area contributed by atoms with Crippen molar-refractivity contribution in [1.82, 2.24) is 5.32 Å². The Bertz CT molecular complexity index is 548. The Kier molecular flexibility index (Phi) is 4.87. The summed E-state index contributed by atoms with van der Waals surface area (Å²) < 4.78 is 1.41. The molecule has 2 heteroatoms. The molecule has 0 aliphatic carbocycles. The molecule has 0 bridgehead atoms. The van der Waals surface area contributed by atoms with Gasteiger partial charge in [0.1, 0.15) is 0 Å². The van der Waals surface area contributed by atoms with Crippen LogP contribution in [0.2, 0.25) is 0 Å². The molecule has 0 fully saturated rings. The highest BCUT2D eigenvalue weighted by molar-refractivity contribution is 7.17. The fourth-order valence-electron chi connectivity index (χ4n) is 2.52. The van der Waals surface area contributed by atoms with Gasteiger partial charge in [0.15, 0.2) is 0 Å². The summed E-state index contributed by atoms with van der Waals surface area (Å²) in [5.41, 5.74) is 1.83. The minimum absolute atomic E-state index is 0.324. The van der Waals surface area contributed by atoms with E-state index in [0.717, 1.165) is 13.0 Å². The summed E-state index contributed by atoms with van der Waals surface area (Å²) >= 11 is 1.87. The molecule has 110 valence electrons. The maximum atomic E-state index is 3.62. The van der Waals surface area contributed by atoms with E-state index in [1.165, 1.54) is 15.6 Å². The van der Waals surface area contributed by atoms with Crippen molar-refractivity contribution in [2.24, 2.45) is 11.3 Å². The van der Waals surface area contributed by atoms with Crippen LogP contribution in [0.5, 0.6) is 0 Å². The monoisotopic (exact) mass is 289 g/mol. The van der Waals surface area contributed by atoms with Gasteiger partial charge in [-0.3, -0.25) is 0 Å². The second-order valence-electron chi connectivity index (χ2n) is 7.09. The zero-order chi connectivity index (χ0) is 14.8. The van der Waals surface area contributed by atoms with E-state index in [0.29, 0.717) is 17.4 Å². The molecule has 0 amide bonds. The summed E-state index contributed by atoms with van der Waals surface area (Å²) in [6.45, 7) is 12.6. The molecule has 0 saturated heterocycles. The Balaban J connectivity index is 2.18. The van der Waals surface area contributed by atoms with Gasteiger partial charge in [-0.05, 0) is 46.7 Å². The van der Waals surface area contributed by atoms with Crippen molar-refractivity contribution in [2.45, 2.75) is 47.1 Å². The van der Waals surface area contributed by atoms with Gasteiger partial charge >= 0.3 is 0 Å². The molecule has 1 aromatic carbocycles. The van der Waals surface area contributed by atoms with Crippen LogP contribution < -0.4 is 5.32 Å². The molecule has 0 spiro atoms. The number of fused-ring (bicyclic) bond motifs is 1. The lowest BCUT2D eigenvalue weighted by atomic mass is 9.77. The summed E-state index contributed by atoms with van der Waals surface area (Å²) in [4.78, 5) is 0. The Morgan fingerprint density at radius 1 is 1.15 bits per heavy atom. The predicted molar refractivity (Wildman–Crippen MR) is 91.6 cm³/mol.